The standard InChI is InChI=1S/C19H26N6O/c1-20-19(22-12-18-24-23-17-7-4-10-25(17)18)21-11-15-5-2-3-6-16(15)26-13-14-8-9-14/h2-3,5-6,14H,4,7-13H2,1H3,(H2,20,21,22). The molecule has 0 radical (unpaired) electrons. The molecule has 0 spiro atoms. The average Bonchev–Trinajstić information content (AvgIpc) is 3.24. The van der Waals surface area contributed by atoms with Gasteiger partial charge in [-0.3, -0.25) is 4.99 Å². The van der Waals surface area contributed by atoms with Crippen LogP contribution in [0.2, 0.25) is 0 Å². The number of fused-ring (bicyclic) bond motifs is 1. The number of aromatic nitrogens is 3. The second-order valence-corrected chi connectivity index (χ2v) is 6.93. The molecule has 1 aromatic heterocycles. The molecule has 7 heteroatoms. The van der Waals surface area contributed by atoms with E-state index in [1.807, 2.05) is 18.2 Å². The van der Waals surface area contributed by atoms with Crippen LogP contribution in [-0.2, 0) is 26.1 Å². The minimum absolute atomic E-state index is 0.618. The van der Waals surface area contributed by atoms with E-state index in [1.165, 1.54) is 12.8 Å². The molecule has 2 aromatic rings. The molecule has 1 saturated carbocycles. The molecule has 2 aliphatic rings. The summed E-state index contributed by atoms with van der Waals surface area (Å²) in [6.07, 6.45) is 4.77. The minimum Gasteiger partial charge on any atom is -0.493 e. The van der Waals surface area contributed by atoms with Crippen LogP contribution >= 0.6 is 0 Å². The van der Waals surface area contributed by atoms with Crippen molar-refractivity contribution in [3.63, 3.8) is 0 Å². The molecule has 1 aliphatic carbocycles. The number of hydrogen-bond acceptors (Lipinski definition) is 4. The third-order valence-corrected chi connectivity index (χ3v) is 4.91. The maximum absolute atomic E-state index is 5.97. The van der Waals surface area contributed by atoms with Gasteiger partial charge in [-0.05, 0) is 31.2 Å². The van der Waals surface area contributed by atoms with Gasteiger partial charge in [0.25, 0.3) is 0 Å². The van der Waals surface area contributed by atoms with Crippen molar-refractivity contribution in [1.82, 2.24) is 25.4 Å². The van der Waals surface area contributed by atoms with Crippen molar-refractivity contribution < 1.29 is 4.74 Å². The van der Waals surface area contributed by atoms with Crippen molar-refractivity contribution in [3.8, 4) is 5.75 Å². The zero-order valence-corrected chi connectivity index (χ0v) is 15.2. The molecule has 0 bridgehead atoms. The van der Waals surface area contributed by atoms with E-state index in [4.69, 9.17) is 4.74 Å². The lowest BCUT2D eigenvalue weighted by Gasteiger charge is -2.14. The van der Waals surface area contributed by atoms with E-state index in [2.05, 4.69) is 36.5 Å². The molecule has 1 aromatic carbocycles. The molecule has 2 heterocycles. The maximum Gasteiger partial charge on any atom is 0.191 e. The summed E-state index contributed by atoms with van der Waals surface area (Å²) in [6.45, 7) is 3.12. The molecule has 0 amide bonds. The van der Waals surface area contributed by atoms with Gasteiger partial charge in [0.05, 0.1) is 13.2 Å². The van der Waals surface area contributed by atoms with Crippen LogP contribution in [0.15, 0.2) is 29.3 Å². The zero-order chi connectivity index (χ0) is 17.8. The van der Waals surface area contributed by atoms with Crippen LogP contribution in [-0.4, -0.2) is 34.4 Å². The van der Waals surface area contributed by atoms with Gasteiger partial charge in [-0.25, -0.2) is 0 Å². The Bertz CT molecular complexity index is 780. The van der Waals surface area contributed by atoms with Crippen LogP contribution in [0.1, 0.15) is 36.5 Å². The van der Waals surface area contributed by atoms with E-state index in [0.29, 0.717) is 13.1 Å². The third-order valence-electron chi connectivity index (χ3n) is 4.91. The first-order valence-corrected chi connectivity index (χ1v) is 9.39. The van der Waals surface area contributed by atoms with Crippen LogP contribution in [0.25, 0.3) is 0 Å². The Balaban J connectivity index is 1.31. The lowest BCUT2D eigenvalue weighted by Crippen LogP contribution is -2.37. The number of para-hydroxylation sites is 1. The molecular weight excluding hydrogens is 328 g/mol. The predicted octanol–water partition coefficient (Wildman–Crippen LogP) is 1.88. The first-order valence-electron chi connectivity index (χ1n) is 9.39. The first-order chi connectivity index (χ1) is 12.8. The fourth-order valence-corrected chi connectivity index (χ4v) is 3.19. The van der Waals surface area contributed by atoms with Crippen LogP contribution in [0.5, 0.6) is 5.75 Å². The van der Waals surface area contributed by atoms with Crippen molar-refractivity contribution in [2.75, 3.05) is 13.7 Å². The number of rotatable bonds is 7. The van der Waals surface area contributed by atoms with Gasteiger partial charge in [0.15, 0.2) is 11.8 Å². The second kappa shape index (κ2) is 7.76. The summed E-state index contributed by atoms with van der Waals surface area (Å²) in [5, 5.41) is 15.2. The van der Waals surface area contributed by atoms with E-state index in [0.717, 1.165) is 60.8 Å². The number of benzene rings is 1. The third kappa shape index (κ3) is 3.98. The number of guanidine groups is 1. The molecule has 0 atom stereocenters. The Labute approximate surface area is 153 Å². The van der Waals surface area contributed by atoms with Gasteiger partial charge in [-0.1, -0.05) is 18.2 Å². The quantitative estimate of drug-likeness (QED) is 0.586. The lowest BCUT2D eigenvalue weighted by atomic mass is 10.2. The van der Waals surface area contributed by atoms with E-state index in [-0.39, 0.29) is 0 Å². The van der Waals surface area contributed by atoms with Crippen molar-refractivity contribution in [3.05, 3.63) is 41.5 Å². The van der Waals surface area contributed by atoms with Crippen LogP contribution < -0.4 is 15.4 Å². The smallest absolute Gasteiger partial charge is 0.191 e. The summed E-state index contributed by atoms with van der Waals surface area (Å²) >= 11 is 0. The first kappa shape index (κ1) is 16.9. The number of aliphatic imine (C=N–C) groups is 1. The van der Waals surface area contributed by atoms with Crippen LogP contribution in [0.3, 0.4) is 0 Å². The van der Waals surface area contributed by atoms with Crippen LogP contribution in [0, 0.1) is 5.92 Å². The lowest BCUT2D eigenvalue weighted by molar-refractivity contribution is 0.296. The summed E-state index contributed by atoms with van der Waals surface area (Å²) < 4.78 is 8.17. The molecule has 0 saturated heterocycles. The maximum atomic E-state index is 5.97. The summed E-state index contributed by atoms with van der Waals surface area (Å²) in [6, 6.07) is 8.18. The van der Waals surface area contributed by atoms with E-state index in [9.17, 15) is 0 Å². The number of ether oxygens (including phenoxy) is 1. The summed E-state index contributed by atoms with van der Waals surface area (Å²) in [7, 11) is 1.78. The number of hydrogen-bond donors (Lipinski definition) is 2. The van der Waals surface area contributed by atoms with Gasteiger partial charge in [0.1, 0.15) is 11.6 Å². The fraction of sp³-hybridized carbons (Fsp3) is 0.526. The number of nitrogens with one attached hydrogen (secondary N) is 2. The molecule has 0 unspecified atom stereocenters. The highest BCUT2D eigenvalue weighted by atomic mass is 16.5. The SMILES string of the molecule is CN=C(NCc1ccccc1OCC1CC1)NCc1nnc2n1CCC2. The molecule has 1 aliphatic heterocycles. The minimum atomic E-state index is 0.618. The largest absolute Gasteiger partial charge is 0.493 e. The molecule has 1 fully saturated rings. The van der Waals surface area contributed by atoms with Crippen molar-refractivity contribution in [2.45, 2.75) is 45.3 Å². The van der Waals surface area contributed by atoms with Crippen molar-refractivity contribution in [1.29, 1.82) is 0 Å². The van der Waals surface area contributed by atoms with E-state index in [1.54, 1.807) is 7.05 Å². The topological polar surface area (TPSA) is 76.4 Å². The predicted molar refractivity (Wildman–Crippen MR) is 100 cm³/mol. The average molecular weight is 354 g/mol. The highest BCUT2D eigenvalue weighted by molar-refractivity contribution is 5.79. The number of aryl methyl sites for hydroxylation is 1. The molecular formula is C19H26N6O. The van der Waals surface area contributed by atoms with E-state index >= 15 is 0 Å². The monoisotopic (exact) mass is 354 g/mol. The van der Waals surface area contributed by atoms with Gasteiger partial charge in [-0.15, -0.1) is 10.2 Å². The Kier molecular flexibility index (Phi) is 5.04. The Morgan fingerprint density at radius 1 is 1.23 bits per heavy atom. The molecule has 26 heavy (non-hydrogen) atoms. The molecule has 138 valence electrons. The summed E-state index contributed by atoms with van der Waals surface area (Å²) in [4.78, 5) is 4.31. The van der Waals surface area contributed by atoms with E-state index < -0.39 is 0 Å². The van der Waals surface area contributed by atoms with Gasteiger partial charge in [-0.2, -0.15) is 0 Å². The Morgan fingerprint density at radius 2 is 2.08 bits per heavy atom. The van der Waals surface area contributed by atoms with Gasteiger partial charge in [0, 0.05) is 32.1 Å². The van der Waals surface area contributed by atoms with Gasteiger partial charge >= 0.3 is 0 Å². The fourth-order valence-electron chi connectivity index (χ4n) is 3.19. The summed E-state index contributed by atoms with van der Waals surface area (Å²) in [5.74, 6) is 4.51. The van der Waals surface area contributed by atoms with Gasteiger partial charge < -0.3 is 19.9 Å². The van der Waals surface area contributed by atoms with Crippen LogP contribution in [0.4, 0.5) is 0 Å². The summed E-state index contributed by atoms with van der Waals surface area (Å²) in [5.41, 5.74) is 1.14. The number of nitrogens with zero attached hydrogens (tertiary/aromatic N) is 4. The highest BCUT2D eigenvalue weighted by Crippen LogP contribution is 2.30. The Morgan fingerprint density at radius 3 is 2.92 bits per heavy atom. The zero-order valence-electron chi connectivity index (χ0n) is 15.2. The second-order valence-electron chi connectivity index (χ2n) is 6.93. The van der Waals surface area contributed by atoms with Crippen molar-refractivity contribution >= 4 is 5.96 Å². The molecule has 2 N–H and O–H groups in total. The molecule has 4 rings (SSSR count). The molecule has 7 nitrogen and oxygen atoms in total. The normalized spacial score (nSPS) is 16.4. The van der Waals surface area contributed by atoms with Gasteiger partial charge in [0.2, 0.25) is 0 Å². The van der Waals surface area contributed by atoms with Crippen molar-refractivity contribution in [2.24, 2.45) is 10.9 Å². The Hall–Kier alpha value is -2.57. The highest BCUT2D eigenvalue weighted by Gasteiger charge is 2.22.